The predicted molar refractivity (Wildman–Crippen MR) is 95.8 cm³/mol. The Balaban J connectivity index is 1.68. The van der Waals surface area contributed by atoms with Gasteiger partial charge in [0.25, 0.3) is 0 Å². The molecule has 0 radical (unpaired) electrons. The zero-order valence-electron chi connectivity index (χ0n) is 14.3. The molecule has 5 nitrogen and oxygen atoms in total. The minimum absolute atomic E-state index is 0.0460. The van der Waals surface area contributed by atoms with Crippen LogP contribution >= 0.6 is 0 Å². The van der Waals surface area contributed by atoms with Gasteiger partial charge in [0.2, 0.25) is 5.91 Å². The molecule has 0 aliphatic heterocycles. The van der Waals surface area contributed by atoms with Crippen molar-refractivity contribution >= 4 is 11.9 Å². The molecule has 0 aromatic heterocycles. The first-order valence-corrected chi connectivity index (χ1v) is 8.29. The zero-order valence-corrected chi connectivity index (χ0v) is 14.3. The summed E-state index contributed by atoms with van der Waals surface area (Å²) in [5.74, 6) is -0.435. The molecule has 5 heteroatoms. The molecule has 0 saturated heterocycles. The molecule has 0 bridgehead atoms. The molecule has 0 aliphatic carbocycles. The van der Waals surface area contributed by atoms with E-state index < -0.39 is 5.97 Å². The topological polar surface area (TPSA) is 75.6 Å². The molecule has 2 aromatic carbocycles. The molecular weight excluding hydrogens is 318 g/mol. The number of carboxylic acid groups (broad SMARTS) is 1. The van der Waals surface area contributed by atoms with Crippen LogP contribution in [0.4, 0.5) is 0 Å². The lowest BCUT2D eigenvalue weighted by atomic mass is 10.0. The second kappa shape index (κ2) is 9.47. The maximum atomic E-state index is 11.9. The quantitative estimate of drug-likeness (QED) is 0.735. The summed E-state index contributed by atoms with van der Waals surface area (Å²) in [6.45, 7) is 2.27. The molecule has 25 heavy (non-hydrogen) atoms. The zero-order chi connectivity index (χ0) is 18.1. The van der Waals surface area contributed by atoms with Crippen molar-refractivity contribution in [3.8, 4) is 5.75 Å². The molecule has 0 aliphatic rings. The summed E-state index contributed by atoms with van der Waals surface area (Å²) >= 11 is 0. The summed E-state index contributed by atoms with van der Waals surface area (Å²) in [6, 6.07) is 15.3. The second-order valence-electron chi connectivity index (χ2n) is 5.85. The van der Waals surface area contributed by atoms with Gasteiger partial charge in [-0.3, -0.25) is 4.79 Å². The number of amides is 1. The molecule has 0 atom stereocenters. The van der Waals surface area contributed by atoms with Crippen molar-refractivity contribution in [3.63, 3.8) is 0 Å². The van der Waals surface area contributed by atoms with Gasteiger partial charge in [-0.05, 0) is 48.6 Å². The Hall–Kier alpha value is -2.82. The van der Waals surface area contributed by atoms with Crippen LogP contribution in [0.15, 0.2) is 48.5 Å². The van der Waals surface area contributed by atoms with E-state index >= 15 is 0 Å². The number of hydrogen-bond donors (Lipinski definition) is 2. The highest BCUT2D eigenvalue weighted by Gasteiger charge is 2.04. The molecule has 2 N–H and O–H groups in total. The van der Waals surface area contributed by atoms with Gasteiger partial charge in [0.15, 0.2) is 6.61 Å². The third kappa shape index (κ3) is 6.67. The van der Waals surface area contributed by atoms with Crippen LogP contribution in [0.1, 0.15) is 23.1 Å². The second-order valence-corrected chi connectivity index (χ2v) is 5.85. The Bertz CT molecular complexity index is 710. The maximum absolute atomic E-state index is 11.9. The van der Waals surface area contributed by atoms with Crippen molar-refractivity contribution in [1.82, 2.24) is 5.32 Å². The van der Waals surface area contributed by atoms with Crippen LogP contribution in [0.2, 0.25) is 0 Å². The van der Waals surface area contributed by atoms with E-state index in [1.807, 2.05) is 24.3 Å². The first kappa shape index (κ1) is 18.5. The molecule has 0 spiro atoms. The average molecular weight is 341 g/mol. The third-order valence-corrected chi connectivity index (χ3v) is 3.90. The van der Waals surface area contributed by atoms with Gasteiger partial charge in [0.05, 0.1) is 0 Å². The number of benzene rings is 2. The van der Waals surface area contributed by atoms with Crippen molar-refractivity contribution < 1.29 is 19.4 Å². The lowest BCUT2D eigenvalue weighted by molar-refractivity contribution is -0.139. The number of carbonyl (C=O) groups excluding carboxylic acids is 1. The van der Waals surface area contributed by atoms with Gasteiger partial charge < -0.3 is 15.2 Å². The summed E-state index contributed by atoms with van der Waals surface area (Å²) in [6.07, 6.45) is 1.94. The summed E-state index contributed by atoms with van der Waals surface area (Å²) in [7, 11) is 0. The van der Waals surface area contributed by atoms with Crippen LogP contribution in [0.25, 0.3) is 0 Å². The Kier molecular flexibility index (Phi) is 7.01. The smallest absolute Gasteiger partial charge is 0.341 e. The molecule has 2 aromatic rings. The molecular formula is C20H23NO4. The monoisotopic (exact) mass is 341 g/mol. The van der Waals surface area contributed by atoms with Crippen LogP contribution < -0.4 is 10.1 Å². The first-order valence-electron chi connectivity index (χ1n) is 8.29. The number of aryl methyl sites for hydroxylation is 2. The SMILES string of the molecule is Cc1ccccc1CCC(=O)NCCc1ccc(OCC(=O)O)cc1. The average Bonchev–Trinajstić information content (AvgIpc) is 2.60. The van der Waals surface area contributed by atoms with Gasteiger partial charge in [-0.1, -0.05) is 36.4 Å². The first-order chi connectivity index (χ1) is 12.0. The van der Waals surface area contributed by atoms with Gasteiger partial charge in [-0.15, -0.1) is 0 Å². The fourth-order valence-electron chi connectivity index (χ4n) is 2.47. The summed E-state index contributed by atoms with van der Waals surface area (Å²) < 4.78 is 5.08. The minimum atomic E-state index is -1.00. The molecule has 2 rings (SSSR count). The Labute approximate surface area is 147 Å². The van der Waals surface area contributed by atoms with Crippen molar-refractivity contribution in [2.24, 2.45) is 0 Å². The van der Waals surface area contributed by atoms with Crippen LogP contribution in [-0.2, 0) is 22.4 Å². The minimum Gasteiger partial charge on any atom is -0.482 e. The van der Waals surface area contributed by atoms with E-state index in [4.69, 9.17) is 9.84 Å². The Morgan fingerprint density at radius 3 is 2.44 bits per heavy atom. The summed E-state index contributed by atoms with van der Waals surface area (Å²) in [4.78, 5) is 22.4. The lowest BCUT2D eigenvalue weighted by Gasteiger charge is -2.08. The number of rotatable bonds is 9. The largest absolute Gasteiger partial charge is 0.482 e. The number of carboxylic acids is 1. The Morgan fingerprint density at radius 2 is 1.76 bits per heavy atom. The van der Waals surface area contributed by atoms with Gasteiger partial charge in [-0.2, -0.15) is 0 Å². The van der Waals surface area contributed by atoms with Crippen LogP contribution in [0, 0.1) is 6.92 Å². The maximum Gasteiger partial charge on any atom is 0.341 e. The van der Waals surface area contributed by atoms with E-state index in [2.05, 4.69) is 24.4 Å². The number of aliphatic carboxylic acids is 1. The van der Waals surface area contributed by atoms with Gasteiger partial charge >= 0.3 is 5.97 Å². The molecule has 0 unspecified atom stereocenters. The van der Waals surface area contributed by atoms with E-state index in [0.29, 0.717) is 18.7 Å². The van der Waals surface area contributed by atoms with Crippen LogP contribution in [0.3, 0.4) is 0 Å². The van der Waals surface area contributed by atoms with Crippen LogP contribution in [0.5, 0.6) is 5.75 Å². The predicted octanol–water partition coefficient (Wildman–Crippen LogP) is 2.75. The van der Waals surface area contributed by atoms with Gasteiger partial charge in [-0.25, -0.2) is 4.79 Å². The number of hydrogen-bond acceptors (Lipinski definition) is 3. The number of carbonyl (C=O) groups is 2. The van der Waals surface area contributed by atoms with Gasteiger partial charge in [0.1, 0.15) is 5.75 Å². The molecule has 0 saturated carbocycles. The Morgan fingerprint density at radius 1 is 1.04 bits per heavy atom. The van der Waals surface area contributed by atoms with E-state index in [-0.39, 0.29) is 12.5 Å². The summed E-state index contributed by atoms with van der Waals surface area (Å²) in [5.41, 5.74) is 3.47. The van der Waals surface area contributed by atoms with E-state index in [1.54, 1.807) is 12.1 Å². The number of nitrogens with one attached hydrogen (secondary N) is 1. The highest BCUT2D eigenvalue weighted by Crippen LogP contribution is 2.12. The lowest BCUT2D eigenvalue weighted by Crippen LogP contribution is -2.25. The molecule has 132 valence electrons. The fourth-order valence-corrected chi connectivity index (χ4v) is 2.47. The fraction of sp³-hybridized carbons (Fsp3) is 0.300. The van der Waals surface area contributed by atoms with Crippen molar-refractivity contribution in [3.05, 3.63) is 65.2 Å². The molecule has 0 heterocycles. The van der Waals surface area contributed by atoms with E-state index in [1.165, 1.54) is 11.1 Å². The standard InChI is InChI=1S/C20H23NO4/c1-15-4-2-3-5-17(15)8-11-19(22)21-13-12-16-6-9-18(10-7-16)25-14-20(23)24/h2-7,9-10H,8,11-14H2,1H3,(H,21,22)(H,23,24). The van der Waals surface area contributed by atoms with Gasteiger partial charge in [0, 0.05) is 13.0 Å². The van der Waals surface area contributed by atoms with Crippen molar-refractivity contribution in [2.75, 3.05) is 13.2 Å². The summed E-state index contributed by atoms with van der Waals surface area (Å²) in [5, 5.41) is 11.5. The normalized spacial score (nSPS) is 10.3. The molecule has 1 amide bonds. The van der Waals surface area contributed by atoms with E-state index in [0.717, 1.165) is 18.4 Å². The molecule has 0 fully saturated rings. The van der Waals surface area contributed by atoms with Crippen molar-refractivity contribution in [1.29, 1.82) is 0 Å². The highest BCUT2D eigenvalue weighted by atomic mass is 16.5. The third-order valence-electron chi connectivity index (χ3n) is 3.90. The highest BCUT2D eigenvalue weighted by molar-refractivity contribution is 5.76. The van der Waals surface area contributed by atoms with Crippen molar-refractivity contribution in [2.45, 2.75) is 26.2 Å². The number of ether oxygens (including phenoxy) is 1. The van der Waals surface area contributed by atoms with Crippen LogP contribution in [-0.4, -0.2) is 30.1 Å². The van der Waals surface area contributed by atoms with E-state index in [9.17, 15) is 9.59 Å².